The van der Waals surface area contributed by atoms with Gasteiger partial charge in [0.15, 0.2) is 17.0 Å². The number of nitrogens with zero attached hydrogens (tertiary/aromatic N) is 7. The molecule has 1 fully saturated rings. The monoisotopic (exact) mass is 412 g/mol. The lowest BCUT2D eigenvalue weighted by atomic mass is 10.2. The van der Waals surface area contributed by atoms with Crippen LogP contribution in [0.2, 0.25) is 0 Å². The van der Waals surface area contributed by atoms with Crippen molar-refractivity contribution in [2.24, 2.45) is 14.1 Å². The van der Waals surface area contributed by atoms with Crippen molar-refractivity contribution in [3.8, 4) is 0 Å². The van der Waals surface area contributed by atoms with Crippen molar-refractivity contribution < 1.29 is 4.79 Å². The third-order valence-electron chi connectivity index (χ3n) is 5.69. The van der Waals surface area contributed by atoms with E-state index < -0.39 is 17.3 Å². The zero-order valence-corrected chi connectivity index (χ0v) is 17.4. The van der Waals surface area contributed by atoms with E-state index in [0.717, 1.165) is 29.8 Å². The van der Waals surface area contributed by atoms with Crippen molar-refractivity contribution in [2.75, 3.05) is 16.8 Å². The van der Waals surface area contributed by atoms with Crippen molar-refractivity contribution in [2.45, 2.75) is 38.8 Å². The fraction of sp³-hybridized carbons (Fsp3) is 0.474. The van der Waals surface area contributed by atoms with E-state index in [0.29, 0.717) is 11.9 Å². The van der Waals surface area contributed by atoms with Crippen LogP contribution in [0, 0.1) is 0 Å². The highest BCUT2D eigenvalue weighted by molar-refractivity contribution is 5.93. The SMILES string of the molecule is C[C@H]1CCCN1c1cncc(NC(=O)[C@H](C)n2cnc3c2c(=O)n(C)c(=O)n3C)n1. The van der Waals surface area contributed by atoms with Crippen LogP contribution in [-0.4, -0.2) is 47.1 Å². The number of aryl methyl sites for hydroxylation is 1. The van der Waals surface area contributed by atoms with Gasteiger partial charge in [0.2, 0.25) is 5.91 Å². The lowest BCUT2D eigenvalue weighted by Crippen LogP contribution is -2.38. The molecular weight excluding hydrogens is 388 g/mol. The van der Waals surface area contributed by atoms with Gasteiger partial charge in [0.25, 0.3) is 5.56 Å². The normalized spacial score (nSPS) is 17.5. The van der Waals surface area contributed by atoms with Crippen LogP contribution >= 0.6 is 0 Å². The van der Waals surface area contributed by atoms with E-state index in [1.54, 1.807) is 13.1 Å². The molecule has 0 saturated carbocycles. The number of imidazole rings is 1. The van der Waals surface area contributed by atoms with Gasteiger partial charge in [0.05, 0.1) is 18.7 Å². The molecule has 30 heavy (non-hydrogen) atoms. The maximum absolute atomic E-state index is 12.9. The number of amides is 1. The first-order chi connectivity index (χ1) is 14.3. The third-order valence-corrected chi connectivity index (χ3v) is 5.69. The quantitative estimate of drug-likeness (QED) is 0.659. The number of fused-ring (bicyclic) bond motifs is 1. The minimum Gasteiger partial charge on any atom is -0.353 e. The van der Waals surface area contributed by atoms with E-state index in [1.807, 2.05) is 0 Å². The van der Waals surface area contributed by atoms with Crippen molar-refractivity contribution >= 4 is 28.7 Å². The first-order valence-corrected chi connectivity index (χ1v) is 9.81. The molecule has 11 nitrogen and oxygen atoms in total. The highest BCUT2D eigenvalue weighted by Crippen LogP contribution is 2.24. The number of hydrogen-bond acceptors (Lipinski definition) is 7. The lowest BCUT2D eigenvalue weighted by molar-refractivity contribution is -0.118. The molecule has 4 heterocycles. The summed E-state index contributed by atoms with van der Waals surface area (Å²) in [4.78, 5) is 52.7. The second-order valence-electron chi connectivity index (χ2n) is 7.64. The van der Waals surface area contributed by atoms with Gasteiger partial charge in [0.1, 0.15) is 11.9 Å². The highest BCUT2D eigenvalue weighted by Gasteiger charge is 2.24. The maximum Gasteiger partial charge on any atom is 0.332 e. The second kappa shape index (κ2) is 7.39. The number of rotatable bonds is 4. The van der Waals surface area contributed by atoms with Gasteiger partial charge < -0.3 is 14.8 Å². The molecule has 0 aromatic carbocycles. The summed E-state index contributed by atoms with van der Waals surface area (Å²) in [5.74, 6) is 0.696. The summed E-state index contributed by atoms with van der Waals surface area (Å²) in [6, 6.07) is -0.374. The number of aromatic nitrogens is 6. The van der Waals surface area contributed by atoms with Crippen LogP contribution in [0.15, 0.2) is 28.3 Å². The summed E-state index contributed by atoms with van der Waals surface area (Å²) in [5, 5.41) is 2.77. The van der Waals surface area contributed by atoms with Gasteiger partial charge in [0, 0.05) is 26.7 Å². The van der Waals surface area contributed by atoms with Gasteiger partial charge in [-0.3, -0.25) is 23.7 Å². The molecule has 4 rings (SSSR count). The van der Waals surface area contributed by atoms with Gasteiger partial charge >= 0.3 is 5.69 Å². The minimum atomic E-state index is -0.753. The topological polar surface area (TPSA) is 120 Å². The molecule has 158 valence electrons. The number of nitrogens with one attached hydrogen (secondary N) is 1. The van der Waals surface area contributed by atoms with Gasteiger partial charge in [-0.2, -0.15) is 0 Å². The summed E-state index contributed by atoms with van der Waals surface area (Å²) < 4.78 is 3.74. The minimum absolute atomic E-state index is 0.188. The zero-order valence-electron chi connectivity index (χ0n) is 17.4. The van der Waals surface area contributed by atoms with Crippen molar-refractivity contribution in [3.63, 3.8) is 0 Å². The summed E-state index contributed by atoms with van der Waals surface area (Å²) in [6.07, 6.45) is 6.77. The Labute approximate surface area is 172 Å². The average molecular weight is 412 g/mol. The largest absolute Gasteiger partial charge is 0.353 e. The number of anilines is 2. The average Bonchev–Trinajstić information content (AvgIpc) is 3.36. The Morgan fingerprint density at radius 1 is 1.23 bits per heavy atom. The lowest BCUT2D eigenvalue weighted by Gasteiger charge is -2.22. The Kier molecular flexibility index (Phi) is 4.88. The van der Waals surface area contributed by atoms with Crippen molar-refractivity contribution in [1.82, 2.24) is 28.7 Å². The van der Waals surface area contributed by atoms with Crippen LogP contribution in [-0.2, 0) is 18.9 Å². The first-order valence-electron chi connectivity index (χ1n) is 9.81. The molecule has 3 aromatic heterocycles. The van der Waals surface area contributed by atoms with E-state index >= 15 is 0 Å². The van der Waals surface area contributed by atoms with Crippen LogP contribution in [0.1, 0.15) is 32.7 Å². The summed E-state index contributed by atoms with van der Waals surface area (Å²) in [6.45, 7) is 4.70. The van der Waals surface area contributed by atoms with Crippen molar-refractivity contribution in [1.29, 1.82) is 0 Å². The Morgan fingerprint density at radius 3 is 2.70 bits per heavy atom. The fourth-order valence-corrected chi connectivity index (χ4v) is 3.84. The molecule has 0 aliphatic carbocycles. The van der Waals surface area contributed by atoms with Gasteiger partial charge in [-0.15, -0.1) is 0 Å². The molecule has 0 bridgehead atoms. The molecule has 2 atom stereocenters. The van der Waals surface area contributed by atoms with Crippen LogP contribution in [0.5, 0.6) is 0 Å². The number of carbonyl (C=O) groups excluding carboxylic acids is 1. The van der Waals surface area contributed by atoms with E-state index in [2.05, 4.69) is 32.1 Å². The smallest absolute Gasteiger partial charge is 0.332 e. The molecule has 1 aliphatic rings. The predicted octanol–water partition coefficient (Wildman–Crippen LogP) is 0.412. The van der Waals surface area contributed by atoms with Crippen LogP contribution < -0.4 is 21.5 Å². The molecule has 0 unspecified atom stereocenters. The Morgan fingerprint density at radius 2 is 2.00 bits per heavy atom. The van der Waals surface area contributed by atoms with Crippen LogP contribution in [0.3, 0.4) is 0 Å². The summed E-state index contributed by atoms with van der Waals surface area (Å²) >= 11 is 0. The van der Waals surface area contributed by atoms with Gasteiger partial charge in [-0.05, 0) is 26.7 Å². The van der Waals surface area contributed by atoms with E-state index in [1.165, 1.54) is 35.8 Å². The van der Waals surface area contributed by atoms with Crippen LogP contribution in [0.25, 0.3) is 11.2 Å². The summed E-state index contributed by atoms with van der Waals surface area (Å²) in [5.41, 5.74) is -0.561. The molecule has 0 radical (unpaired) electrons. The second-order valence-corrected chi connectivity index (χ2v) is 7.64. The molecule has 1 saturated heterocycles. The highest BCUT2D eigenvalue weighted by atomic mass is 16.2. The molecule has 1 amide bonds. The van der Waals surface area contributed by atoms with E-state index in [4.69, 9.17) is 0 Å². The maximum atomic E-state index is 12.9. The molecule has 11 heteroatoms. The molecule has 0 spiro atoms. The number of hydrogen-bond donors (Lipinski definition) is 1. The zero-order chi connectivity index (χ0) is 21.6. The van der Waals surface area contributed by atoms with Crippen molar-refractivity contribution in [3.05, 3.63) is 39.6 Å². The molecule has 1 aliphatic heterocycles. The first kappa shape index (κ1) is 19.8. The van der Waals surface area contributed by atoms with E-state index in [-0.39, 0.29) is 17.1 Å². The Bertz CT molecular complexity index is 1240. The molecular formula is C19H24N8O3. The molecule has 1 N–H and O–H groups in total. The predicted molar refractivity (Wildman–Crippen MR) is 112 cm³/mol. The third kappa shape index (κ3) is 3.15. The standard InChI is InChI=1S/C19H24N8O3/c1-11-6-5-7-26(11)14-9-20-8-13(22-14)23-17(28)12(2)27-10-21-16-15(27)18(29)25(4)19(30)24(16)3/h8-12H,5-7H2,1-4H3,(H,22,23,28)/t11-,12-/m0/s1. The van der Waals surface area contributed by atoms with E-state index in [9.17, 15) is 14.4 Å². The summed E-state index contributed by atoms with van der Waals surface area (Å²) in [7, 11) is 2.93. The van der Waals surface area contributed by atoms with Gasteiger partial charge in [-0.25, -0.2) is 14.8 Å². The molecule has 3 aromatic rings. The Balaban J connectivity index is 1.63. The fourth-order valence-electron chi connectivity index (χ4n) is 3.84. The Hall–Kier alpha value is -3.50. The number of carbonyl (C=O) groups is 1. The van der Waals surface area contributed by atoms with Crippen LogP contribution in [0.4, 0.5) is 11.6 Å². The van der Waals surface area contributed by atoms with Gasteiger partial charge in [-0.1, -0.05) is 0 Å².